The maximum atomic E-state index is 4.50. The molecule has 2 rings (SSSR count). The maximum absolute atomic E-state index is 4.50. The van der Waals surface area contributed by atoms with Crippen molar-refractivity contribution in [1.29, 1.82) is 0 Å². The van der Waals surface area contributed by atoms with Crippen LogP contribution in [0.25, 0.3) is 0 Å². The predicted molar refractivity (Wildman–Crippen MR) is 80.5 cm³/mol. The topological polar surface area (TPSA) is 53.9 Å². The zero-order valence-corrected chi connectivity index (χ0v) is 12.3. The molecule has 2 aromatic heterocycles. The summed E-state index contributed by atoms with van der Waals surface area (Å²) in [6, 6.07) is 10.0. The van der Waals surface area contributed by atoms with E-state index in [4.69, 9.17) is 0 Å². The van der Waals surface area contributed by atoms with Gasteiger partial charge in [0.1, 0.15) is 0 Å². The van der Waals surface area contributed by atoms with Crippen LogP contribution in [0.1, 0.15) is 24.0 Å². The fourth-order valence-electron chi connectivity index (χ4n) is 1.92. The van der Waals surface area contributed by atoms with E-state index in [-0.39, 0.29) is 0 Å². The van der Waals surface area contributed by atoms with E-state index >= 15 is 0 Å². The second kappa shape index (κ2) is 6.96. The van der Waals surface area contributed by atoms with E-state index < -0.39 is 0 Å². The maximum Gasteiger partial charge on any atom is 0.151 e. The van der Waals surface area contributed by atoms with Crippen LogP contribution in [0.4, 0.5) is 5.82 Å². The molecule has 0 spiro atoms. The first-order valence-corrected chi connectivity index (χ1v) is 6.86. The first-order chi connectivity index (χ1) is 9.69. The largest absolute Gasteiger partial charge is 0.352 e. The summed E-state index contributed by atoms with van der Waals surface area (Å²) in [7, 11) is 2.00. The predicted octanol–water partition coefficient (Wildman–Crippen LogP) is 1.93. The molecule has 2 aromatic rings. The Kier molecular flexibility index (Phi) is 5.01. The van der Waals surface area contributed by atoms with Gasteiger partial charge in [0.25, 0.3) is 0 Å². The molecule has 0 unspecified atom stereocenters. The highest BCUT2D eigenvalue weighted by molar-refractivity contribution is 5.36. The van der Waals surface area contributed by atoms with Crippen LogP contribution in [0.15, 0.2) is 30.3 Å². The third-order valence-electron chi connectivity index (χ3n) is 3.00. The van der Waals surface area contributed by atoms with Crippen LogP contribution in [-0.2, 0) is 13.1 Å². The van der Waals surface area contributed by atoms with E-state index in [0.29, 0.717) is 0 Å². The van der Waals surface area contributed by atoms with Crippen LogP contribution in [0.5, 0.6) is 0 Å². The molecule has 0 saturated carbocycles. The minimum Gasteiger partial charge on any atom is -0.352 e. The monoisotopic (exact) mass is 271 g/mol. The first kappa shape index (κ1) is 14.4. The molecule has 0 fully saturated rings. The summed E-state index contributed by atoms with van der Waals surface area (Å²) in [4.78, 5) is 6.54. The summed E-state index contributed by atoms with van der Waals surface area (Å²) in [5.41, 5.74) is 3.02. The van der Waals surface area contributed by atoms with Gasteiger partial charge in [0.15, 0.2) is 5.82 Å². The number of pyridine rings is 1. The van der Waals surface area contributed by atoms with Gasteiger partial charge in [-0.15, -0.1) is 5.10 Å². The number of nitrogens with zero attached hydrogens (tertiary/aromatic N) is 4. The van der Waals surface area contributed by atoms with Crippen molar-refractivity contribution in [3.63, 3.8) is 0 Å². The van der Waals surface area contributed by atoms with Crippen LogP contribution in [0.2, 0.25) is 0 Å². The molecule has 0 atom stereocenters. The lowest BCUT2D eigenvalue weighted by Gasteiger charge is -2.17. The van der Waals surface area contributed by atoms with Crippen molar-refractivity contribution in [3.05, 3.63) is 47.4 Å². The van der Waals surface area contributed by atoms with Gasteiger partial charge >= 0.3 is 0 Å². The van der Waals surface area contributed by atoms with Gasteiger partial charge in [0, 0.05) is 19.3 Å². The lowest BCUT2D eigenvalue weighted by molar-refractivity contribution is 0.696. The van der Waals surface area contributed by atoms with Gasteiger partial charge in [0.2, 0.25) is 0 Å². The van der Waals surface area contributed by atoms with Gasteiger partial charge in [-0.1, -0.05) is 13.0 Å². The van der Waals surface area contributed by atoms with Crippen molar-refractivity contribution in [2.45, 2.75) is 26.9 Å². The van der Waals surface area contributed by atoms with Gasteiger partial charge < -0.3 is 10.2 Å². The van der Waals surface area contributed by atoms with E-state index in [1.807, 2.05) is 49.2 Å². The van der Waals surface area contributed by atoms with E-state index in [9.17, 15) is 0 Å². The molecule has 106 valence electrons. The average molecular weight is 271 g/mol. The molecule has 5 heteroatoms. The Balaban J connectivity index is 2.00. The van der Waals surface area contributed by atoms with E-state index in [0.717, 1.165) is 42.5 Å². The zero-order valence-electron chi connectivity index (χ0n) is 12.3. The normalized spacial score (nSPS) is 10.6. The highest BCUT2D eigenvalue weighted by Crippen LogP contribution is 2.11. The minimum atomic E-state index is 0.725. The summed E-state index contributed by atoms with van der Waals surface area (Å²) in [5.74, 6) is 0.855. The molecular weight excluding hydrogens is 250 g/mol. The summed E-state index contributed by atoms with van der Waals surface area (Å²) >= 11 is 0. The van der Waals surface area contributed by atoms with Crippen molar-refractivity contribution in [3.8, 4) is 0 Å². The Bertz CT molecular complexity index is 538. The molecule has 2 heterocycles. The summed E-state index contributed by atoms with van der Waals surface area (Å²) in [6.45, 7) is 6.49. The fraction of sp³-hybridized carbons (Fsp3) is 0.400. The molecule has 0 saturated heterocycles. The fourth-order valence-corrected chi connectivity index (χ4v) is 1.92. The Labute approximate surface area is 120 Å². The number of rotatable bonds is 6. The third-order valence-corrected chi connectivity index (χ3v) is 3.00. The zero-order chi connectivity index (χ0) is 14.4. The van der Waals surface area contributed by atoms with Crippen molar-refractivity contribution < 1.29 is 0 Å². The lowest BCUT2D eigenvalue weighted by atomic mass is 10.3. The molecule has 0 aliphatic carbocycles. The number of aryl methyl sites for hydroxylation is 1. The van der Waals surface area contributed by atoms with Crippen LogP contribution < -0.4 is 10.2 Å². The van der Waals surface area contributed by atoms with Gasteiger partial charge in [-0.05, 0) is 37.7 Å². The van der Waals surface area contributed by atoms with Crippen LogP contribution in [-0.4, -0.2) is 28.8 Å². The minimum absolute atomic E-state index is 0.725. The molecule has 1 N–H and O–H groups in total. The second-order valence-electron chi connectivity index (χ2n) is 4.79. The van der Waals surface area contributed by atoms with Crippen molar-refractivity contribution in [2.75, 3.05) is 18.5 Å². The summed E-state index contributed by atoms with van der Waals surface area (Å²) in [6.07, 6.45) is 0. The van der Waals surface area contributed by atoms with E-state index in [1.54, 1.807) is 0 Å². The van der Waals surface area contributed by atoms with Gasteiger partial charge in [-0.2, -0.15) is 5.10 Å². The van der Waals surface area contributed by atoms with Crippen molar-refractivity contribution in [2.24, 2.45) is 0 Å². The Morgan fingerprint density at radius 2 is 1.95 bits per heavy atom. The highest BCUT2D eigenvalue weighted by atomic mass is 15.2. The standard InChI is InChI=1S/C15H21N5/c1-4-16-10-13-8-9-15(19-18-13)20(3)11-14-7-5-6-12(2)17-14/h5-9,16H,4,10-11H2,1-3H3. The molecule has 20 heavy (non-hydrogen) atoms. The number of nitrogens with one attached hydrogen (secondary N) is 1. The molecule has 0 bridgehead atoms. The molecule has 0 aromatic carbocycles. The second-order valence-corrected chi connectivity index (χ2v) is 4.79. The Morgan fingerprint density at radius 1 is 1.10 bits per heavy atom. The molecular formula is C15H21N5. The third kappa shape index (κ3) is 3.99. The van der Waals surface area contributed by atoms with E-state index in [1.165, 1.54) is 0 Å². The van der Waals surface area contributed by atoms with E-state index in [2.05, 4.69) is 27.4 Å². The lowest BCUT2D eigenvalue weighted by Crippen LogP contribution is -2.20. The van der Waals surface area contributed by atoms with Crippen LogP contribution >= 0.6 is 0 Å². The van der Waals surface area contributed by atoms with Gasteiger partial charge in [0.05, 0.1) is 17.9 Å². The Morgan fingerprint density at radius 3 is 2.60 bits per heavy atom. The van der Waals surface area contributed by atoms with Crippen LogP contribution in [0, 0.1) is 6.92 Å². The number of hydrogen-bond donors (Lipinski definition) is 1. The first-order valence-electron chi connectivity index (χ1n) is 6.86. The molecule has 0 aliphatic heterocycles. The summed E-state index contributed by atoms with van der Waals surface area (Å²) < 4.78 is 0. The van der Waals surface area contributed by atoms with Gasteiger partial charge in [-0.3, -0.25) is 4.98 Å². The number of aromatic nitrogens is 3. The average Bonchev–Trinajstić information content (AvgIpc) is 2.45. The molecule has 0 amide bonds. The highest BCUT2D eigenvalue weighted by Gasteiger charge is 2.05. The van der Waals surface area contributed by atoms with Crippen molar-refractivity contribution in [1.82, 2.24) is 20.5 Å². The molecule has 0 radical (unpaired) electrons. The molecule has 5 nitrogen and oxygen atoms in total. The van der Waals surface area contributed by atoms with Crippen molar-refractivity contribution >= 4 is 5.82 Å². The smallest absolute Gasteiger partial charge is 0.151 e. The molecule has 0 aliphatic rings. The Hall–Kier alpha value is -2.01. The van der Waals surface area contributed by atoms with Gasteiger partial charge in [-0.25, -0.2) is 0 Å². The quantitative estimate of drug-likeness (QED) is 0.870. The summed E-state index contributed by atoms with van der Waals surface area (Å²) in [5, 5.41) is 11.7. The SMILES string of the molecule is CCNCc1ccc(N(C)Cc2cccc(C)n2)nn1. The number of hydrogen-bond acceptors (Lipinski definition) is 5. The van der Waals surface area contributed by atoms with Crippen LogP contribution in [0.3, 0.4) is 0 Å². The number of anilines is 1.